The first-order valence-corrected chi connectivity index (χ1v) is 18.9. The zero-order valence-corrected chi connectivity index (χ0v) is 31.1. The maximum Gasteiger partial charge on any atom is 0.341 e. The molecule has 8 rings (SSSR count). The molecule has 0 radical (unpaired) electrons. The van der Waals surface area contributed by atoms with Crippen LogP contribution in [0.2, 0.25) is 0 Å². The van der Waals surface area contributed by atoms with Crippen LogP contribution in [0.1, 0.15) is 88.0 Å². The Kier molecular flexibility index (Phi) is 7.32. The average Bonchev–Trinajstić information content (AvgIpc) is 3.91. The van der Waals surface area contributed by atoms with Crippen molar-refractivity contribution in [1.82, 2.24) is 0 Å². The van der Waals surface area contributed by atoms with Crippen molar-refractivity contribution in [3.8, 4) is 0 Å². The molecular formula is C38H55NO12. The Morgan fingerprint density at radius 2 is 1.63 bits per heavy atom. The summed E-state index contributed by atoms with van der Waals surface area (Å²) in [5.74, 6) is -7.27. The molecule has 8 aliphatic rings. The molecule has 8 fully saturated rings. The number of epoxide rings is 1. The van der Waals surface area contributed by atoms with E-state index < -0.39 is 117 Å². The summed E-state index contributed by atoms with van der Waals surface area (Å²) in [5, 5.41) is 37.4. The number of hydrogen-bond donors (Lipinski definition) is 4. The van der Waals surface area contributed by atoms with Gasteiger partial charge in [0.1, 0.15) is 24.4 Å². The predicted molar refractivity (Wildman–Crippen MR) is 175 cm³/mol. The topological polar surface area (TPSA) is 204 Å². The van der Waals surface area contributed by atoms with Crippen molar-refractivity contribution in [2.45, 2.75) is 142 Å². The number of carbonyl (C=O) groups excluding carboxylic acids is 4. The predicted octanol–water partition coefficient (Wildman–Crippen LogP) is 1.85. The molecule has 3 unspecified atom stereocenters. The average molecular weight is 718 g/mol. The smallest absolute Gasteiger partial charge is 0.341 e. The molecule has 2 heterocycles. The van der Waals surface area contributed by atoms with Crippen molar-refractivity contribution >= 4 is 23.9 Å². The van der Waals surface area contributed by atoms with Crippen LogP contribution < -0.4 is 5.73 Å². The summed E-state index contributed by atoms with van der Waals surface area (Å²) in [5.41, 5.74) is -0.272. The van der Waals surface area contributed by atoms with Gasteiger partial charge in [0, 0.05) is 42.9 Å². The van der Waals surface area contributed by atoms with Crippen LogP contribution in [0.3, 0.4) is 0 Å². The molecule has 2 saturated heterocycles. The largest absolute Gasteiger partial charge is 0.462 e. The van der Waals surface area contributed by atoms with E-state index in [1.165, 1.54) is 20.8 Å². The van der Waals surface area contributed by atoms with E-state index in [0.29, 0.717) is 6.42 Å². The lowest BCUT2D eigenvalue weighted by molar-refractivity contribution is -0.298. The van der Waals surface area contributed by atoms with Gasteiger partial charge >= 0.3 is 23.9 Å². The van der Waals surface area contributed by atoms with E-state index in [1.807, 2.05) is 34.6 Å². The van der Waals surface area contributed by atoms with Gasteiger partial charge in [0.2, 0.25) is 5.79 Å². The third-order valence-electron chi connectivity index (χ3n) is 16.3. The minimum absolute atomic E-state index is 0.00908. The molecule has 0 aromatic carbocycles. The van der Waals surface area contributed by atoms with Crippen LogP contribution >= 0.6 is 0 Å². The third kappa shape index (κ3) is 4.00. The molecule has 284 valence electrons. The Labute approximate surface area is 298 Å². The fraction of sp³-hybridized carbons (Fsp3) is 0.895. The van der Waals surface area contributed by atoms with Crippen molar-refractivity contribution in [2.24, 2.45) is 75.2 Å². The molecule has 0 aromatic heterocycles. The van der Waals surface area contributed by atoms with Crippen molar-refractivity contribution in [3.05, 3.63) is 0 Å². The van der Waals surface area contributed by atoms with Gasteiger partial charge in [-0.25, -0.2) is 4.79 Å². The number of aliphatic hydroxyl groups is 3. The van der Waals surface area contributed by atoms with E-state index >= 15 is 0 Å². The molecule has 6 aliphatic carbocycles. The Morgan fingerprint density at radius 3 is 2.24 bits per heavy atom. The van der Waals surface area contributed by atoms with E-state index in [2.05, 4.69) is 0 Å². The summed E-state index contributed by atoms with van der Waals surface area (Å²) >= 11 is 0. The second-order valence-electron chi connectivity index (χ2n) is 18.9. The zero-order chi connectivity index (χ0) is 37.3. The number of hydrogen-bond acceptors (Lipinski definition) is 13. The Hall–Kier alpha value is -2.32. The van der Waals surface area contributed by atoms with Gasteiger partial charge in [-0.1, -0.05) is 34.6 Å². The second kappa shape index (κ2) is 10.5. The SMILES string of the molecule is CC(=O)O[C@H]1[C@@H]2[C@H]([C@H](C)[C@H]3O[C@]34OC(=O)[C@@](C)(O)[C@]24C)[C@@]2(C)[C@@H](OC(C)=O)CC3C([C@@H](O)[C@@H](N)[C@@]4(O)CC5C[C@@H]5[C@H](OC(=O)CC(C)C)[C@]34C)[C@H]12. The highest BCUT2D eigenvalue weighted by atomic mass is 16.8. The van der Waals surface area contributed by atoms with Gasteiger partial charge in [-0.05, 0) is 74.5 Å². The molecule has 0 bridgehead atoms. The van der Waals surface area contributed by atoms with E-state index in [9.17, 15) is 34.5 Å². The fourth-order valence-corrected chi connectivity index (χ4v) is 14.0. The number of ether oxygens (including phenoxy) is 5. The molecular weight excluding hydrogens is 662 g/mol. The quantitative estimate of drug-likeness (QED) is 0.182. The van der Waals surface area contributed by atoms with Gasteiger partial charge in [-0.15, -0.1) is 0 Å². The highest BCUT2D eigenvalue weighted by molar-refractivity contribution is 5.84. The second-order valence-corrected chi connectivity index (χ2v) is 18.9. The van der Waals surface area contributed by atoms with Crippen LogP contribution in [0.5, 0.6) is 0 Å². The maximum absolute atomic E-state index is 13.5. The zero-order valence-electron chi connectivity index (χ0n) is 31.1. The first-order chi connectivity index (χ1) is 23.5. The lowest BCUT2D eigenvalue weighted by Crippen LogP contribution is -2.79. The van der Waals surface area contributed by atoms with Crippen LogP contribution in [-0.2, 0) is 42.9 Å². The number of carbonyl (C=O) groups is 4. The van der Waals surface area contributed by atoms with Crippen LogP contribution in [-0.4, -0.2) is 92.7 Å². The Balaban J connectivity index is 1.34. The van der Waals surface area contributed by atoms with Gasteiger partial charge in [-0.2, -0.15) is 0 Å². The lowest BCUT2D eigenvalue weighted by Gasteiger charge is -2.68. The van der Waals surface area contributed by atoms with Gasteiger partial charge in [0.05, 0.1) is 23.2 Å². The number of aliphatic hydroxyl groups excluding tert-OH is 1. The number of esters is 4. The summed E-state index contributed by atoms with van der Waals surface area (Å²) in [6.45, 7) is 15.5. The molecule has 0 amide bonds. The molecule has 2 aliphatic heterocycles. The summed E-state index contributed by atoms with van der Waals surface area (Å²) in [7, 11) is 0. The molecule has 1 spiro atoms. The van der Waals surface area contributed by atoms with Crippen LogP contribution in [0, 0.1) is 69.5 Å². The molecule has 13 nitrogen and oxygen atoms in total. The summed E-state index contributed by atoms with van der Waals surface area (Å²) in [6, 6.07) is -1.15. The fourth-order valence-electron chi connectivity index (χ4n) is 14.0. The molecule has 0 aromatic rings. The number of fused-ring (bicyclic) bond motifs is 9. The summed E-state index contributed by atoms with van der Waals surface area (Å²) in [6.07, 6.45) is -2.96. The molecule has 13 heteroatoms. The van der Waals surface area contributed by atoms with Gasteiger partial charge in [0.25, 0.3) is 0 Å². The van der Waals surface area contributed by atoms with E-state index in [0.717, 1.165) is 6.42 Å². The van der Waals surface area contributed by atoms with Crippen LogP contribution in [0.25, 0.3) is 0 Å². The van der Waals surface area contributed by atoms with Gasteiger partial charge in [0.15, 0.2) is 5.60 Å². The summed E-state index contributed by atoms with van der Waals surface area (Å²) in [4.78, 5) is 53.1. The Morgan fingerprint density at radius 1 is 0.980 bits per heavy atom. The lowest BCUT2D eigenvalue weighted by atomic mass is 9.40. The van der Waals surface area contributed by atoms with Gasteiger partial charge in [-0.3, -0.25) is 14.4 Å². The van der Waals surface area contributed by atoms with E-state index in [1.54, 1.807) is 6.92 Å². The number of rotatable bonds is 5. The number of nitrogens with two attached hydrogens (primary N) is 1. The van der Waals surface area contributed by atoms with Gasteiger partial charge < -0.3 is 44.7 Å². The minimum Gasteiger partial charge on any atom is -0.462 e. The van der Waals surface area contributed by atoms with E-state index in [4.69, 9.17) is 29.4 Å². The first-order valence-electron chi connectivity index (χ1n) is 18.9. The van der Waals surface area contributed by atoms with Crippen molar-refractivity contribution in [1.29, 1.82) is 0 Å². The standard InChI is InChI=1S/C38H55NO12/c1-14(2)10-22(42)49-31-19-11-18(19)13-37(46)29(39)27(43)23-20(34(31,37)7)12-21(47-16(4)40)33(6)24-15(3)30-38(50-30)35(8,36(9,45)32(44)51-38)26(24)28(25(23)33)48-17(5)41/h14-15,18-21,23-31,43,45-46H,10-13,39H2,1-9H3/t15-,18?,19-,20?,21-,23?,24-,25+,26-,27+,28+,29+,30+,31-,33+,34-,35-,36+,37-,38-/m0/s1. The highest BCUT2D eigenvalue weighted by Gasteiger charge is 2.93. The third-order valence-corrected chi connectivity index (χ3v) is 16.3. The van der Waals surface area contributed by atoms with Crippen molar-refractivity contribution in [3.63, 3.8) is 0 Å². The van der Waals surface area contributed by atoms with Crippen LogP contribution in [0.4, 0.5) is 0 Å². The molecule has 6 saturated carbocycles. The van der Waals surface area contributed by atoms with E-state index in [-0.39, 0.29) is 42.5 Å². The summed E-state index contributed by atoms with van der Waals surface area (Å²) < 4.78 is 31.2. The van der Waals surface area contributed by atoms with Crippen molar-refractivity contribution in [2.75, 3.05) is 0 Å². The highest BCUT2D eigenvalue weighted by Crippen LogP contribution is 2.81. The van der Waals surface area contributed by atoms with Crippen LogP contribution in [0.15, 0.2) is 0 Å². The molecule has 51 heavy (non-hydrogen) atoms. The molecule has 20 atom stereocenters. The monoisotopic (exact) mass is 717 g/mol. The normalized spacial score (nSPS) is 58.4. The maximum atomic E-state index is 13.5. The molecule has 5 N–H and O–H groups in total. The van der Waals surface area contributed by atoms with Crippen molar-refractivity contribution < 1.29 is 58.2 Å². The Bertz CT molecular complexity index is 1580. The first kappa shape index (κ1) is 35.7. The minimum atomic E-state index is -2.04.